The second kappa shape index (κ2) is 8.29. The van der Waals surface area contributed by atoms with E-state index in [1.165, 1.54) is 0 Å². The van der Waals surface area contributed by atoms with Crippen molar-refractivity contribution in [2.75, 3.05) is 0 Å². The normalized spacial score (nSPS) is 12.3. The third-order valence-electron chi connectivity index (χ3n) is 5.05. The summed E-state index contributed by atoms with van der Waals surface area (Å²) < 4.78 is 0. The van der Waals surface area contributed by atoms with Gasteiger partial charge in [0.1, 0.15) is 23.2 Å². The molecule has 0 radical (unpaired) electrons. The zero-order chi connectivity index (χ0) is 19.2. The van der Waals surface area contributed by atoms with Crippen molar-refractivity contribution >= 4 is 23.2 Å². The highest BCUT2D eigenvalue weighted by Crippen LogP contribution is 2.67. The molecule has 0 aromatic heterocycles. The molecule has 3 heteroatoms. The van der Waals surface area contributed by atoms with Crippen LogP contribution in [0.25, 0.3) is 0 Å². The van der Waals surface area contributed by atoms with Crippen molar-refractivity contribution in [3.05, 3.63) is 132 Å². The van der Waals surface area contributed by atoms with Gasteiger partial charge in [0.2, 0.25) is 5.78 Å². The molecule has 0 spiro atoms. The summed E-state index contributed by atoms with van der Waals surface area (Å²) in [5.74, 6) is -0.499. The van der Waals surface area contributed by atoms with Gasteiger partial charge in [-0.15, -0.1) is 4.91 Å². The lowest BCUT2D eigenvalue weighted by molar-refractivity contribution is 1.00. The highest BCUT2D eigenvalue weighted by Gasteiger charge is 2.54. The van der Waals surface area contributed by atoms with E-state index in [0.717, 1.165) is 21.5 Å². The number of hydrogen-bond donors (Lipinski definition) is 0. The summed E-state index contributed by atoms with van der Waals surface area (Å²) >= 11 is 0. The van der Waals surface area contributed by atoms with Crippen molar-refractivity contribution in [2.45, 2.75) is 5.78 Å². The lowest BCUT2D eigenvalue weighted by Gasteiger charge is -2.31. The predicted molar refractivity (Wildman–Crippen MR) is 120 cm³/mol. The monoisotopic (exact) mass is 382 g/mol. The molecule has 4 aromatic rings. The van der Waals surface area contributed by atoms with E-state index in [1.54, 1.807) is 0 Å². The number of nitroso groups, excluding NO2 is 1. The molecular weight excluding hydrogens is 361 g/mol. The highest BCUT2D eigenvalue weighted by molar-refractivity contribution is 7.95. The van der Waals surface area contributed by atoms with Gasteiger partial charge in [-0.05, 0) is 41.6 Å². The van der Waals surface area contributed by atoms with Gasteiger partial charge in [-0.1, -0.05) is 84.9 Å². The minimum Gasteiger partial charge on any atom is -0.146 e. The van der Waals surface area contributed by atoms with E-state index in [2.05, 4.69) is 41.6 Å². The van der Waals surface area contributed by atoms with Gasteiger partial charge in [0.15, 0.2) is 0 Å². The molecule has 1 unspecified atom stereocenters. The van der Waals surface area contributed by atoms with Crippen molar-refractivity contribution in [2.24, 2.45) is 5.18 Å². The van der Waals surface area contributed by atoms with E-state index in [1.807, 2.05) is 84.9 Å². The van der Waals surface area contributed by atoms with Crippen LogP contribution in [0.2, 0.25) is 0 Å². The Bertz CT molecular complexity index is 924. The second-order valence-electron chi connectivity index (χ2n) is 6.62. The molecule has 0 amide bonds. The van der Waals surface area contributed by atoms with E-state index in [-0.39, 0.29) is 0 Å². The van der Waals surface area contributed by atoms with Crippen molar-refractivity contribution in [1.29, 1.82) is 0 Å². The topological polar surface area (TPSA) is 29.4 Å². The number of nitrogens with zero attached hydrogens (tertiary/aromatic N) is 1. The van der Waals surface area contributed by atoms with E-state index < -0.39 is 13.0 Å². The molecule has 0 aliphatic carbocycles. The number of rotatable bonds is 6. The maximum atomic E-state index is 12.4. The molecule has 0 N–H and O–H groups in total. The summed E-state index contributed by atoms with van der Waals surface area (Å²) in [5.41, 5.74) is 0.947. The number of hydrogen-bond acceptors (Lipinski definition) is 2. The van der Waals surface area contributed by atoms with Crippen LogP contribution < -0.4 is 15.9 Å². The Morgan fingerprint density at radius 2 is 0.821 bits per heavy atom. The Kier molecular flexibility index (Phi) is 5.41. The van der Waals surface area contributed by atoms with Gasteiger partial charge in [-0.25, -0.2) is 0 Å². The van der Waals surface area contributed by atoms with Crippen molar-refractivity contribution in [3.63, 3.8) is 0 Å². The van der Waals surface area contributed by atoms with Gasteiger partial charge < -0.3 is 0 Å². The maximum Gasteiger partial charge on any atom is 0.236 e. The fourth-order valence-electron chi connectivity index (χ4n) is 3.84. The summed E-state index contributed by atoms with van der Waals surface area (Å²) in [6, 6.07) is 41.1. The molecule has 0 bridgehead atoms. The van der Waals surface area contributed by atoms with Crippen LogP contribution in [0.1, 0.15) is 11.3 Å². The molecule has 4 aromatic carbocycles. The van der Waals surface area contributed by atoms with Crippen LogP contribution >= 0.6 is 7.26 Å². The average molecular weight is 382 g/mol. The summed E-state index contributed by atoms with van der Waals surface area (Å²) in [6.07, 6.45) is 0. The lowest BCUT2D eigenvalue weighted by atomic mass is 10.2. The number of benzene rings is 4. The van der Waals surface area contributed by atoms with Gasteiger partial charge in [0.25, 0.3) is 0 Å². The smallest absolute Gasteiger partial charge is 0.146 e. The zero-order valence-electron chi connectivity index (χ0n) is 15.4. The van der Waals surface area contributed by atoms with E-state index in [0.29, 0.717) is 0 Å². The van der Waals surface area contributed by atoms with Gasteiger partial charge in [-0.2, -0.15) is 0 Å². The Labute approximate surface area is 166 Å². The van der Waals surface area contributed by atoms with E-state index in [9.17, 15) is 4.91 Å². The molecule has 0 aliphatic rings. The van der Waals surface area contributed by atoms with Crippen LogP contribution in [0, 0.1) is 4.91 Å². The molecule has 28 heavy (non-hydrogen) atoms. The maximum absolute atomic E-state index is 12.4. The molecule has 4 rings (SSSR count). The summed E-state index contributed by atoms with van der Waals surface area (Å²) in [4.78, 5) is 12.4. The molecule has 0 aliphatic heterocycles. The molecule has 0 saturated carbocycles. The second-order valence-corrected chi connectivity index (χ2v) is 10.1. The Balaban J connectivity index is 2.11. The average Bonchev–Trinajstić information content (AvgIpc) is 2.80. The van der Waals surface area contributed by atoms with Crippen LogP contribution in [-0.4, -0.2) is 0 Å². The Morgan fingerprint density at radius 1 is 0.500 bits per heavy atom. The van der Waals surface area contributed by atoms with Gasteiger partial charge in [-0.3, -0.25) is 0 Å². The first-order valence-electron chi connectivity index (χ1n) is 9.30. The van der Waals surface area contributed by atoms with Crippen LogP contribution in [0.15, 0.2) is 127 Å². The predicted octanol–water partition coefficient (Wildman–Crippen LogP) is 5.45. The van der Waals surface area contributed by atoms with Crippen LogP contribution in [0.5, 0.6) is 0 Å². The van der Waals surface area contributed by atoms with Gasteiger partial charge in [0.05, 0.1) is 0 Å². The summed E-state index contributed by atoms with van der Waals surface area (Å²) in [7, 11) is -2.36. The van der Waals surface area contributed by atoms with Gasteiger partial charge in [0, 0.05) is 5.56 Å². The van der Waals surface area contributed by atoms with E-state index >= 15 is 0 Å². The SMILES string of the molecule is O=NC(c1ccccc1)[P+](c1ccccc1)(c1ccccc1)c1ccccc1. The van der Waals surface area contributed by atoms with E-state index in [4.69, 9.17) is 0 Å². The van der Waals surface area contributed by atoms with Crippen molar-refractivity contribution < 1.29 is 0 Å². The fourth-order valence-corrected chi connectivity index (χ4v) is 8.27. The molecular formula is C25H21NOP+. The van der Waals surface area contributed by atoms with Crippen molar-refractivity contribution in [1.82, 2.24) is 0 Å². The largest absolute Gasteiger partial charge is 0.236 e. The van der Waals surface area contributed by atoms with Crippen LogP contribution in [0.4, 0.5) is 0 Å². The first-order valence-corrected chi connectivity index (χ1v) is 11.2. The quantitative estimate of drug-likeness (QED) is 0.322. The van der Waals surface area contributed by atoms with Crippen LogP contribution in [0.3, 0.4) is 0 Å². The Morgan fingerprint density at radius 3 is 1.14 bits per heavy atom. The summed E-state index contributed by atoms with van der Waals surface area (Å²) in [6.45, 7) is 0. The minimum absolute atomic E-state index is 0.499. The standard InChI is InChI=1S/C25H21NOP/c27-26-25(21-13-5-1-6-14-21)28(22-15-7-2-8-16-22,23-17-9-3-10-18-23)24-19-11-4-12-20-24/h1-20,25H/q+1. The Hall–Kier alpha value is -3.09. The minimum atomic E-state index is -2.36. The molecule has 0 saturated heterocycles. The van der Waals surface area contributed by atoms with Crippen LogP contribution in [-0.2, 0) is 0 Å². The zero-order valence-corrected chi connectivity index (χ0v) is 16.3. The fraction of sp³-hybridized carbons (Fsp3) is 0.0400. The molecule has 0 heterocycles. The summed E-state index contributed by atoms with van der Waals surface area (Å²) in [5, 5.41) is 7.22. The van der Waals surface area contributed by atoms with Crippen molar-refractivity contribution in [3.8, 4) is 0 Å². The highest BCUT2D eigenvalue weighted by atomic mass is 31.2. The van der Waals surface area contributed by atoms with Gasteiger partial charge >= 0.3 is 0 Å². The molecule has 2 nitrogen and oxygen atoms in total. The molecule has 1 atom stereocenters. The third-order valence-corrected chi connectivity index (χ3v) is 9.52. The lowest BCUT2D eigenvalue weighted by Crippen LogP contribution is -2.34. The molecule has 0 fully saturated rings. The first-order chi connectivity index (χ1) is 13.9. The molecule has 136 valence electrons. The first kappa shape index (κ1) is 18.3. The third kappa shape index (κ3) is 3.17.